The maximum Gasteiger partial charge on any atom is 0.319 e. The van der Waals surface area contributed by atoms with Crippen molar-refractivity contribution >= 4 is 17.9 Å². The fourth-order valence-electron chi connectivity index (χ4n) is 3.31. The number of carboxylic acids is 1. The van der Waals surface area contributed by atoms with E-state index in [9.17, 15) is 14.4 Å². The van der Waals surface area contributed by atoms with Gasteiger partial charge in [-0.25, -0.2) is 4.79 Å². The first kappa shape index (κ1) is 16.6. The zero-order valence-electron chi connectivity index (χ0n) is 13.3. The lowest BCUT2D eigenvalue weighted by atomic mass is 10.0. The molecule has 0 aromatic heterocycles. The first-order valence-electron chi connectivity index (χ1n) is 8.04. The maximum absolute atomic E-state index is 12.3. The third kappa shape index (κ3) is 3.34. The van der Waals surface area contributed by atoms with Crippen molar-refractivity contribution in [2.75, 3.05) is 32.7 Å². The Labute approximate surface area is 130 Å². The smallest absolute Gasteiger partial charge is 0.319 e. The van der Waals surface area contributed by atoms with Crippen LogP contribution < -0.4 is 0 Å². The third-order valence-electron chi connectivity index (χ3n) is 4.72. The van der Waals surface area contributed by atoms with Gasteiger partial charge in [0.05, 0.1) is 5.92 Å². The number of carbonyl (C=O) groups excluding carboxylic acids is 2. The normalized spacial score (nSPS) is 23.0. The van der Waals surface area contributed by atoms with Gasteiger partial charge >= 0.3 is 12.0 Å². The minimum Gasteiger partial charge on any atom is -0.481 e. The van der Waals surface area contributed by atoms with Crippen LogP contribution in [0.1, 0.15) is 33.1 Å². The fourth-order valence-corrected chi connectivity index (χ4v) is 3.31. The number of amides is 3. The SMILES string of the molecule is CCN(CC)C(=O)N1CCC(N2CC(C(=O)O)CC2=O)CC1. The standard InChI is InChI=1S/C15H25N3O4/c1-3-16(4-2)15(22)17-7-5-12(6-8-17)18-10-11(14(20)21)9-13(18)19/h11-12H,3-10H2,1-2H3,(H,20,21). The molecule has 3 amide bonds. The van der Waals surface area contributed by atoms with Gasteiger partial charge in [0.25, 0.3) is 0 Å². The number of hydrogen-bond donors (Lipinski definition) is 1. The molecule has 0 aromatic carbocycles. The summed E-state index contributed by atoms with van der Waals surface area (Å²) in [7, 11) is 0. The second-order valence-electron chi connectivity index (χ2n) is 5.96. The highest BCUT2D eigenvalue weighted by atomic mass is 16.4. The Bertz CT molecular complexity index is 442. The van der Waals surface area contributed by atoms with Gasteiger partial charge in [-0.2, -0.15) is 0 Å². The molecule has 0 aliphatic carbocycles. The Morgan fingerprint density at radius 2 is 1.82 bits per heavy atom. The molecule has 2 heterocycles. The molecule has 2 rings (SSSR count). The van der Waals surface area contributed by atoms with Crippen molar-refractivity contribution < 1.29 is 19.5 Å². The van der Waals surface area contributed by atoms with Crippen LogP contribution in [0.15, 0.2) is 0 Å². The van der Waals surface area contributed by atoms with E-state index in [1.54, 1.807) is 9.80 Å². The lowest BCUT2D eigenvalue weighted by Crippen LogP contribution is -2.51. The summed E-state index contributed by atoms with van der Waals surface area (Å²) in [6, 6.07) is 0.122. The number of urea groups is 1. The lowest BCUT2D eigenvalue weighted by molar-refractivity contribution is -0.141. The molecular formula is C15H25N3O4. The van der Waals surface area contributed by atoms with Gasteiger partial charge in [-0.3, -0.25) is 9.59 Å². The number of nitrogens with zero attached hydrogens (tertiary/aromatic N) is 3. The van der Waals surface area contributed by atoms with E-state index in [2.05, 4.69) is 0 Å². The van der Waals surface area contributed by atoms with E-state index in [1.165, 1.54) is 0 Å². The molecule has 1 atom stereocenters. The first-order chi connectivity index (χ1) is 10.5. The van der Waals surface area contributed by atoms with E-state index in [4.69, 9.17) is 5.11 Å². The highest BCUT2D eigenvalue weighted by Gasteiger charge is 2.39. The number of carboxylic acid groups (broad SMARTS) is 1. The number of carbonyl (C=O) groups is 3. The molecule has 0 aromatic rings. The molecule has 0 radical (unpaired) electrons. The van der Waals surface area contributed by atoms with Gasteiger partial charge in [0.1, 0.15) is 0 Å². The van der Waals surface area contributed by atoms with Crippen LogP contribution in [-0.4, -0.2) is 76.5 Å². The van der Waals surface area contributed by atoms with E-state index >= 15 is 0 Å². The average Bonchev–Trinajstić information content (AvgIpc) is 2.91. The third-order valence-corrected chi connectivity index (χ3v) is 4.72. The summed E-state index contributed by atoms with van der Waals surface area (Å²) in [6.07, 6.45) is 1.56. The van der Waals surface area contributed by atoms with Gasteiger partial charge in [-0.15, -0.1) is 0 Å². The molecule has 1 unspecified atom stereocenters. The number of hydrogen-bond acceptors (Lipinski definition) is 3. The van der Waals surface area contributed by atoms with Crippen LogP contribution in [0.5, 0.6) is 0 Å². The highest BCUT2D eigenvalue weighted by molar-refractivity contribution is 5.86. The molecule has 2 fully saturated rings. The van der Waals surface area contributed by atoms with Crippen molar-refractivity contribution in [2.24, 2.45) is 5.92 Å². The minimum absolute atomic E-state index is 0.0552. The van der Waals surface area contributed by atoms with Crippen LogP contribution in [0.2, 0.25) is 0 Å². The van der Waals surface area contributed by atoms with Crippen LogP contribution in [0.4, 0.5) is 4.79 Å². The van der Waals surface area contributed by atoms with Gasteiger partial charge in [-0.1, -0.05) is 0 Å². The maximum atomic E-state index is 12.3. The van der Waals surface area contributed by atoms with Crippen molar-refractivity contribution in [1.82, 2.24) is 14.7 Å². The van der Waals surface area contributed by atoms with Crippen molar-refractivity contribution in [3.05, 3.63) is 0 Å². The molecule has 0 bridgehead atoms. The molecular weight excluding hydrogens is 286 g/mol. The summed E-state index contributed by atoms with van der Waals surface area (Å²) in [6.45, 7) is 6.87. The molecule has 124 valence electrons. The lowest BCUT2D eigenvalue weighted by Gasteiger charge is -2.38. The van der Waals surface area contributed by atoms with Crippen molar-refractivity contribution in [1.29, 1.82) is 0 Å². The molecule has 0 spiro atoms. The molecule has 2 saturated heterocycles. The van der Waals surface area contributed by atoms with Crippen LogP contribution in [0.25, 0.3) is 0 Å². The number of likely N-dealkylation sites (tertiary alicyclic amines) is 2. The molecule has 22 heavy (non-hydrogen) atoms. The molecule has 0 saturated carbocycles. The molecule has 7 heteroatoms. The van der Waals surface area contributed by atoms with Gasteiger partial charge in [0.2, 0.25) is 5.91 Å². The van der Waals surface area contributed by atoms with Gasteiger partial charge in [-0.05, 0) is 26.7 Å². The molecule has 2 aliphatic heterocycles. The second-order valence-corrected chi connectivity index (χ2v) is 5.96. The van der Waals surface area contributed by atoms with Gasteiger partial charge < -0.3 is 19.8 Å². The van der Waals surface area contributed by atoms with Crippen LogP contribution in [0.3, 0.4) is 0 Å². The van der Waals surface area contributed by atoms with E-state index < -0.39 is 11.9 Å². The predicted molar refractivity (Wildman–Crippen MR) is 80.4 cm³/mol. The molecule has 2 aliphatic rings. The topological polar surface area (TPSA) is 81.2 Å². The van der Waals surface area contributed by atoms with Crippen LogP contribution in [0, 0.1) is 5.92 Å². The number of piperidine rings is 1. The molecule has 7 nitrogen and oxygen atoms in total. The summed E-state index contributed by atoms with van der Waals surface area (Å²) < 4.78 is 0. The predicted octanol–water partition coefficient (Wildman–Crippen LogP) is 0.846. The Morgan fingerprint density at radius 3 is 2.27 bits per heavy atom. The van der Waals surface area contributed by atoms with Gasteiger partial charge in [0, 0.05) is 45.2 Å². The summed E-state index contributed by atoms with van der Waals surface area (Å²) >= 11 is 0. The Balaban J connectivity index is 1.88. The van der Waals surface area contributed by atoms with E-state index in [-0.39, 0.29) is 24.4 Å². The van der Waals surface area contributed by atoms with Crippen LogP contribution >= 0.6 is 0 Å². The largest absolute Gasteiger partial charge is 0.481 e. The first-order valence-corrected chi connectivity index (χ1v) is 8.04. The zero-order chi connectivity index (χ0) is 16.3. The minimum atomic E-state index is -0.898. The highest BCUT2D eigenvalue weighted by Crippen LogP contribution is 2.26. The quantitative estimate of drug-likeness (QED) is 0.834. The Hall–Kier alpha value is -1.79. The second kappa shape index (κ2) is 6.98. The number of rotatable bonds is 4. The van der Waals surface area contributed by atoms with Gasteiger partial charge in [0.15, 0.2) is 0 Å². The fraction of sp³-hybridized carbons (Fsp3) is 0.800. The van der Waals surface area contributed by atoms with E-state index in [0.717, 1.165) is 12.8 Å². The summed E-state index contributed by atoms with van der Waals surface area (Å²) in [5.41, 5.74) is 0. The number of aliphatic carboxylic acids is 1. The van der Waals surface area contributed by atoms with Crippen molar-refractivity contribution in [3.8, 4) is 0 Å². The van der Waals surface area contributed by atoms with E-state index in [0.29, 0.717) is 32.7 Å². The Kier molecular flexibility index (Phi) is 5.26. The van der Waals surface area contributed by atoms with Crippen molar-refractivity contribution in [2.45, 2.75) is 39.2 Å². The molecule has 1 N–H and O–H groups in total. The average molecular weight is 311 g/mol. The summed E-state index contributed by atoms with van der Waals surface area (Å²) in [5, 5.41) is 9.04. The van der Waals surface area contributed by atoms with Crippen LogP contribution in [-0.2, 0) is 9.59 Å². The Morgan fingerprint density at radius 1 is 1.23 bits per heavy atom. The van der Waals surface area contributed by atoms with E-state index in [1.807, 2.05) is 18.7 Å². The van der Waals surface area contributed by atoms with Crippen molar-refractivity contribution in [3.63, 3.8) is 0 Å². The summed E-state index contributed by atoms with van der Waals surface area (Å²) in [5.74, 6) is -1.55. The monoisotopic (exact) mass is 311 g/mol. The summed E-state index contributed by atoms with van der Waals surface area (Å²) in [4.78, 5) is 40.6. The zero-order valence-corrected chi connectivity index (χ0v) is 13.3.